The molecular weight excluding hydrogens is 160 g/mol. The average Bonchev–Trinajstić information content (AvgIpc) is 2.44. The lowest BCUT2D eigenvalue weighted by molar-refractivity contribution is -0.000620. The highest BCUT2D eigenvalue weighted by atomic mass is 35.5. The van der Waals surface area contributed by atoms with E-state index in [9.17, 15) is 0 Å². The third kappa shape index (κ3) is 1.19. The van der Waals surface area contributed by atoms with Crippen LogP contribution in [-0.2, 0) is 4.74 Å². The number of hydrogen-bond donors (Lipinski definition) is 0. The highest BCUT2D eigenvalue weighted by Gasteiger charge is 2.49. The van der Waals surface area contributed by atoms with Gasteiger partial charge in [-0.15, -0.1) is 0 Å². The van der Waals surface area contributed by atoms with Gasteiger partial charge in [0.05, 0.1) is 6.10 Å². The molecule has 2 fully saturated rings. The van der Waals surface area contributed by atoms with E-state index in [1.54, 1.807) is 0 Å². The Hall–Kier alpha value is 0.250. The molecule has 0 spiro atoms. The fraction of sp³-hybridized carbons (Fsp3) is 1.00. The number of fused-ring (bicyclic) bond motifs is 2. The molecule has 0 aliphatic heterocycles. The van der Waals surface area contributed by atoms with Gasteiger partial charge < -0.3 is 4.74 Å². The molecule has 3 unspecified atom stereocenters. The van der Waals surface area contributed by atoms with Crippen LogP contribution in [0, 0.1) is 11.3 Å². The summed E-state index contributed by atoms with van der Waals surface area (Å²) in [6, 6.07) is 0.368. The molecule has 2 bridgehead atoms. The molecule has 0 aromatic heterocycles. The Morgan fingerprint density at radius 3 is 2.91 bits per heavy atom. The lowest BCUT2D eigenvalue weighted by Gasteiger charge is -2.30. The van der Waals surface area contributed by atoms with Gasteiger partial charge in [0.25, 0.3) is 0 Å². The molecular formula is C9H15ClO. The van der Waals surface area contributed by atoms with Gasteiger partial charge >= 0.3 is 0 Å². The zero-order valence-electron chi connectivity index (χ0n) is 6.98. The van der Waals surface area contributed by atoms with Crippen molar-refractivity contribution in [3.63, 3.8) is 0 Å². The topological polar surface area (TPSA) is 9.23 Å². The molecule has 2 aliphatic rings. The molecule has 64 valence electrons. The van der Waals surface area contributed by atoms with Crippen LogP contribution in [0.4, 0.5) is 0 Å². The molecule has 2 saturated carbocycles. The number of alkyl halides is 1. The molecule has 0 N–H and O–H groups in total. The summed E-state index contributed by atoms with van der Waals surface area (Å²) in [4.78, 5) is 0. The highest BCUT2D eigenvalue weighted by Crippen LogP contribution is 2.54. The van der Waals surface area contributed by atoms with Gasteiger partial charge in [-0.25, -0.2) is 0 Å². The van der Waals surface area contributed by atoms with Crippen molar-refractivity contribution in [2.45, 2.75) is 38.7 Å². The lowest BCUT2D eigenvalue weighted by Crippen LogP contribution is -2.29. The van der Waals surface area contributed by atoms with Crippen molar-refractivity contribution in [3.8, 4) is 0 Å². The van der Waals surface area contributed by atoms with E-state index < -0.39 is 0 Å². The zero-order valence-corrected chi connectivity index (χ0v) is 7.73. The fourth-order valence-corrected chi connectivity index (χ4v) is 2.98. The summed E-state index contributed by atoms with van der Waals surface area (Å²) in [5, 5.41) is 0. The summed E-state index contributed by atoms with van der Waals surface area (Å²) in [7, 11) is 0. The van der Waals surface area contributed by atoms with E-state index in [0.29, 0.717) is 17.6 Å². The summed E-state index contributed by atoms with van der Waals surface area (Å²) >= 11 is 5.56. The number of halogens is 1. The Labute approximate surface area is 73.1 Å². The van der Waals surface area contributed by atoms with Crippen molar-refractivity contribution in [2.24, 2.45) is 11.3 Å². The van der Waals surface area contributed by atoms with Gasteiger partial charge in [0.1, 0.15) is 6.07 Å². The van der Waals surface area contributed by atoms with Gasteiger partial charge in [0.2, 0.25) is 0 Å². The third-order valence-corrected chi connectivity index (χ3v) is 3.59. The molecule has 2 rings (SSSR count). The molecule has 1 nitrogen and oxygen atoms in total. The van der Waals surface area contributed by atoms with E-state index >= 15 is 0 Å². The lowest BCUT2D eigenvalue weighted by atomic mass is 9.84. The molecule has 2 aliphatic carbocycles. The summed E-state index contributed by atoms with van der Waals surface area (Å²) in [6.45, 7) is 2.34. The van der Waals surface area contributed by atoms with Crippen LogP contribution in [0.15, 0.2) is 0 Å². The molecule has 0 amide bonds. The van der Waals surface area contributed by atoms with Crippen LogP contribution in [0.3, 0.4) is 0 Å². The predicted octanol–water partition coefficient (Wildman–Crippen LogP) is 2.78. The van der Waals surface area contributed by atoms with Crippen molar-refractivity contribution in [1.82, 2.24) is 0 Å². The first-order valence-electron chi connectivity index (χ1n) is 4.42. The van der Waals surface area contributed by atoms with Crippen molar-refractivity contribution < 1.29 is 4.74 Å². The molecule has 0 radical (unpaired) electrons. The van der Waals surface area contributed by atoms with Gasteiger partial charge in [-0.3, -0.25) is 0 Å². The first kappa shape index (κ1) is 7.88. The minimum Gasteiger partial charge on any atom is -0.362 e. The van der Waals surface area contributed by atoms with Crippen LogP contribution in [-0.4, -0.2) is 12.2 Å². The maximum absolute atomic E-state index is 5.56. The van der Waals surface area contributed by atoms with Crippen LogP contribution < -0.4 is 0 Å². The quantitative estimate of drug-likeness (QED) is 0.585. The van der Waals surface area contributed by atoms with E-state index in [1.165, 1.54) is 25.7 Å². The van der Waals surface area contributed by atoms with Crippen molar-refractivity contribution in [1.29, 1.82) is 0 Å². The predicted molar refractivity (Wildman–Crippen MR) is 45.7 cm³/mol. The normalized spacial score (nSPS) is 48.5. The minimum atomic E-state index is 0.368. The smallest absolute Gasteiger partial charge is 0.121 e. The van der Waals surface area contributed by atoms with Gasteiger partial charge in [0, 0.05) is 0 Å². The summed E-state index contributed by atoms with van der Waals surface area (Å²) in [5.41, 5.74) is 0.472. The molecule has 0 heterocycles. The Morgan fingerprint density at radius 1 is 1.64 bits per heavy atom. The molecule has 0 aromatic carbocycles. The van der Waals surface area contributed by atoms with E-state index in [2.05, 4.69) is 6.92 Å². The molecule has 11 heavy (non-hydrogen) atoms. The van der Waals surface area contributed by atoms with Crippen molar-refractivity contribution in [3.05, 3.63) is 0 Å². The maximum atomic E-state index is 5.56. The zero-order chi connectivity index (χ0) is 7.90. The molecule has 2 heteroatoms. The fourth-order valence-electron chi connectivity index (χ4n) is 2.82. The van der Waals surface area contributed by atoms with E-state index in [1.807, 2.05) is 0 Å². The Bertz CT molecular complexity index is 160. The van der Waals surface area contributed by atoms with Gasteiger partial charge in [-0.05, 0) is 37.0 Å². The van der Waals surface area contributed by atoms with Crippen LogP contribution in [0.25, 0.3) is 0 Å². The second kappa shape index (κ2) is 2.63. The third-order valence-electron chi connectivity index (χ3n) is 3.47. The summed E-state index contributed by atoms with van der Waals surface area (Å²) in [5.74, 6) is 0.938. The molecule has 0 saturated heterocycles. The van der Waals surface area contributed by atoms with Crippen molar-refractivity contribution in [2.75, 3.05) is 6.07 Å². The minimum absolute atomic E-state index is 0.368. The van der Waals surface area contributed by atoms with Crippen LogP contribution >= 0.6 is 11.6 Å². The van der Waals surface area contributed by atoms with Gasteiger partial charge in [-0.2, -0.15) is 0 Å². The van der Waals surface area contributed by atoms with E-state index in [-0.39, 0.29) is 0 Å². The molecule has 0 aromatic rings. The second-order valence-corrected chi connectivity index (χ2v) is 4.48. The van der Waals surface area contributed by atoms with Gasteiger partial charge in [-0.1, -0.05) is 18.5 Å². The van der Waals surface area contributed by atoms with E-state index in [4.69, 9.17) is 16.3 Å². The maximum Gasteiger partial charge on any atom is 0.121 e. The second-order valence-electron chi connectivity index (χ2n) is 4.26. The number of ether oxygens (including phenoxy) is 1. The first-order valence-corrected chi connectivity index (χ1v) is 4.95. The van der Waals surface area contributed by atoms with E-state index in [0.717, 1.165) is 5.92 Å². The number of hydrogen-bond acceptors (Lipinski definition) is 1. The highest BCUT2D eigenvalue weighted by molar-refractivity contribution is 6.17. The monoisotopic (exact) mass is 174 g/mol. The molecule has 3 atom stereocenters. The summed E-state index contributed by atoms with van der Waals surface area (Å²) in [6.07, 6.45) is 5.84. The summed E-state index contributed by atoms with van der Waals surface area (Å²) < 4.78 is 5.51. The Balaban J connectivity index is 2.03. The average molecular weight is 175 g/mol. The Kier molecular flexibility index (Phi) is 1.89. The first-order chi connectivity index (χ1) is 5.24. The van der Waals surface area contributed by atoms with Crippen LogP contribution in [0.2, 0.25) is 0 Å². The Morgan fingerprint density at radius 2 is 2.45 bits per heavy atom. The standard InChI is InChI=1S/C9H15ClO/c1-9-3-2-7(5-9)4-8(9)11-6-10/h7-8H,2-6H2,1H3. The largest absolute Gasteiger partial charge is 0.362 e. The van der Waals surface area contributed by atoms with Crippen molar-refractivity contribution >= 4 is 11.6 Å². The number of rotatable bonds is 2. The van der Waals surface area contributed by atoms with Crippen LogP contribution in [0.5, 0.6) is 0 Å². The van der Waals surface area contributed by atoms with Crippen LogP contribution in [0.1, 0.15) is 32.6 Å². The van der Waals surface area contributed by atoms with Gasteiger partial charge in [0.15, 0.2) is 0 Å². The SMILES string of the molecule is CC12CCC(CC1OCCl)C2.